The molecule has 2 rings (SSSR count). The van der Waals surface area contributed by atoms with Gasteiger partial charge in [0.2, 0.25) is 11.4 Å². The minimum atomic E-state index is -1.26. The van der Waals surface area contributed by atoms with Gasteiger partial charge in [-0.05, 0) is 6.92 Å². The third-order valence-corrected chi connectivity index (χ3v) is 2.81. The van der Waals surface area contributed by atoms with Crippen LogP contribution in [0.15, 0.2) is 17.2 Å². The fourth-order valence-corrected chi connectivity index (χ4v) is 1.84. The highest BCUT2D eigenvalue weighted by Gasteiger charge is 2.15. The number of fused-ring (bicyclic) bond motifs is 1. The van der Waals surface area contributed by atoms with E-state index in [0.29, 0.717) is 31.2 Å². The second kappa shape index (κ2) is 5.66. The normalized spacial score (nSPS) is 10.7. The number of rotatable bonds is 5. The summed E-state index contributed by atoms with van der Waals surface area (Å²) in [4.78, 5) is 31.3. The molecule has 0 spiro atoms. The zero-order valence-corrected chi connectivity index (χ0v) is 11.0. The predicted molar refractivity (Wildman–Crippen MR) is 74.0 cm³/mol. The zero-order chi connectivity index (χ0) is 14.7. The standard InChI is InChI=1S/C12H15N5O3/c1-2-17-6-8(11(19)20)9(18)7-5-15-12(14-4-3-13)16-10(7)17/h5-6H,2-4,13H2,1H3,(H,19,20)(H,14,15,16). The smallest absolute Gasteiger partial charge is 0.341 e. The first-order valence-electron chi connectivity index (χ1n) is 6.16. The van der Waals surface area contributed by atoms with E-state index in [4.69, 9.17) is 10.8 Å². The number of carbonyl (C=O) groups is 1. The van der Waals surface area contributed by atoms with Crippen molar-refractivity contribution in [2.24, 2.45) is 5.73 Å². The molecular formula is C12H15N5O3. The maximum Gasteiger partial charge on any atom is 0.341 e. The first-order chi connectivity index (χ1) is 9.58. The summed E-state index contributed by atoms with van der Waals surface area (Å²) in [6, 6.07) is 0. The number of pyridine rings is 1. The van der Waals surface area contributed by atoms with Crippen molar-refractivity contribution in [3.05, 3.63) is 28.2 Å². The van der Waals surface area contributed by atoms with Gasteiger partial charge in [0.15, 0.2) is 0 Å². The van der Waals surface area contributed by atoms with Crippen molar-refractivity contribution in [3.63, 3.8) is 0 Å². The fourth-order valence-electron chi connectivity index (χ4n) is 1.84. The lowest BCUT2D eigenvalue weighted by Gasteiger charge is -2.10. The number of carboxylic acids is 1. The highest BCUT2D eigenvalue weighted by atomic mass is 16.4. The largest absolute Gasteiger partial charge is 0.477 e. The van der Waals surface area contributed by atoms with E-state index in [0.717, 1.165) is 0 Å². The average molecular weight is 277 g/mol. The molecule has 0 aromatic carbocycles. The van der Waals surface area contributed by atoms with Gasteiger partial charge >= 0.3 is 5.97 Å². The molecule has 0 aliphatic rings. The summed E-state index contributed by atoms with van der Waals surface area (Å²) >= 11 is 0. The van der Waals surface area contributed by atoms with Crippen LogP contribution in [0.1, 0.15) is 17.3 Å². The lowest BCUT2D eigenvalue weighted by molar-refractivity contribution is 0.0695. The molecule has 106 valence electrons. The Bertz CT molecular complexity index is 710. The number of nitrogens with zero attached hydrogens (tertiary/aromatic N) is 3. The topological polar surface area (TPSA) is 123 Å². The van der Waals surface area contributed by atoms with Gasteiger partial charge < -0.3 is 20.7 Å². The molecule has 8 nitrogen and oxygen atoms in total. The lowest BCUT2D eigenvalue weighted by Crippen LogP contribution is -2.21. The van der Waals surface area contributed by atoms with Crippen LogP contribution in [0.25, 0.3) is 11.0 Å². The van der Waals surface area contributed by atoms with Crippen molar-refractivity contribution < 1.29 is 9.90 Å². The Kier molecular flexibility index (Phi) is 3.94. The van der Waals surface area contributed by atoms with E-state index in [1.807, 2.05) is 6.92 Å². The van der Waals surface area contributed by atoms with Crippen molar-refractivity contribution in [3.8, 4) is 0 Å². The van der Waals surface area contributed by atoms with Crippen LogP contribution >= 0.6 is 0 Å². The third-order valence-electron chi connectivity index (χ3n) is 2.81. The summed E-state index contributed by atoms with van der Waals surface area (Å²) in [7, 11) is 0. The van der Waals surface area contributed by atoms with Crippen LogP contribution in [-0.2, 0) is 6.54 Å². The minimum Gasteiger partial charge on any atom is -0.477 e. The van der Waals surface area contributed by atoms with Crippen molar-refractivity contribution in [2.45, 2.75) is 13.5 Å². The second-order valence-electron chi connectivity index (χ2n) is 4.11. The Labute approximate surface area is 114 Å². The van der Waals surface area contributed by atoms with Gasteiger partial charge in [0, 0.05) is 32.0 Å². The van der Waals surface area contributed by atoms with Crippen LogP contribution in [0.4, 0.5) is 5.95 Å². The van der Waals surface area contributed by atoms with E-state index >= 15 is 0 Å². The average Bonchev–Trinajstić information content (AvgIpc) is 2.45. The number of nitrogens with two attached hydrogens (primary N) is 1. The molecule has 8 heteroatoms. The number of anilines is 1. The lowest BCUT2D eigenvalue weighted by atomic mass is 10.2. The van der Waals surface area contributed by atoms with Gasteiger partial charge in [-0.15, -0.1) is 0 Å². The van der Waals surface area contributed by atoms with Crippen molar-refractivity contribution >= 4 is 23.0 Å². The molecule has 0 amide bonds. The van der Waals surface area contributed by atoms with Gasteiger partial charge in [-0.3, -0.25) is 4.79 Å². The van der Waals surface area contributed by atoms with Gasteiger partial charge in [-0.2, -0.15) is 4.98 Å². The van der Waals surface area contributed by atoms with Crippen LogP contribution < -0.4 is 16.5 Å². The summed E-state index contributed by atoms with van der Waals surface area (Å²) < 4.78 is 1.61. The summed E-state index contributed by atoms with van der Waals surface area (Å²) in [6.07, 6.45) is 2.63. The Morgan fingerprint density at radius 3 is 2.90 bits per heavy atom. The van der Waals surface area contributed by atoms with Crippen molar-refractivity contribution in [1.82, 2.24) is 14.5 Å². The number of aryl methyl sites for hydroxylation is 1. The summed E-state index contributed by atoms with van der Waals surface area (Å²) in [6.45, 7) is 3.27. The molecule has 20 heavy (non-hydrogen) atoms. The first kappa shape index (κ1) is 13.9. The number of carboxylic acid groups (broad SMARTS) is 1. The number of aromatic nitrogens is 3. The molecule has 0 unspecified atom stereocenters. The maximum atomic E-state index is 12.0. The molecule has 0 saturated carbocycles. The monoisotopic (exact) mass is 277 g/mol. The molecule has 0 saturated heterocycles. The SMILES string of the molecule is CCn1cc(C(=O)O)c(=O)c2cnc(NCCN)nc21. The van der Waals surface area contributed by atoms with Crippen LogP contribution in [0.3, 0.4) is 0 Å². The van der Waals surface area contributed by atoms with E-state index in [1.54, 1.807) is 4.57 Å². The Morgan fingerprint density at radius 1 is 1.55 bits per heavy atom. The second-order valence-corrected chi connectivity index (χ2v) is 4.11. The molecule has 0 aliphatic carbocycles. The molecule has 4 N–H and O–H groups in total. The highest BCUT2D eigenvalue weighted by molar-refractivity contribution is 5.91. The van der Waals surface area contributed by atoms with Gasteiger partial charge in [-0.25, -0.2) is 9.78 Å². The molecule has 0 atom stereocenters. The molecule has 2 aromatic heterocycles. The van der Waals surface area contributed by atoms with Gasteiger partial charge in [0.1, 0.15) is 11.2 Å². The van der Waals surface area contributed by atoms with E-state index in [2.05, 4.69) is 15.3 Å². The van der Waals surface area contributed by atoms with Crippen molar-refractivity contribution in [2.75, 3.05) is 18.4 Å². The number of hydrogen-bond donors (Lipinski definition) is 3. The van der Waals surface area contributed by atoms with Crippen molar-refractivity contribution in [1.29, 1.82) is 0 Å². The molecule has 2 aromatic rings. The molecular weight excluding hydrogens is 262 g/mol. The van der Waals surface area contributed by atoms with Gasteiger partial charge in [-0.1, -0.05) is 0 Å². The van der Waals surface area contributed by atoms with E-state index < -0.39 is 11.4 Å². The van der Waals surface area contributed by atoms with Gasteiger partial charge in [0.25, 0.3) is 0 Å². The van der Waals surface area contributed by atoms with E-state index in [-0.39, 0.29) is 10.9 Å². The van der Waals surface area contributed by atoms with Gasteiger partial charge in [0.05, 0.1) is 5.39 Å². The van der Waals surface area contributed by atoms with Crippen LogP contribution in [0, 0.1) is 0 Å². The maximum absolute atomic E-state index is 12.0. The Balaban J connectivity index is 2.66. The number of aromatic carboxylic acids is 1. The highest BCUT2D eigenvalue weighted by Crippen LogP contribution is 2.11. The minimum absolute atomic E-state index is 0.185. The molecule has 0 aliphatic heterocycles. The predicted octanol–water partition coefficient (Wildman–Crippen LogP) is -0.120. The fraction of sp³-hybridized carbons (Fsp3) is 0.333. The van der Waals surface area contributed by atoms with E-state index in [1.165, 1.54) is 12.4 Å². The molecule has 0 fully saturated rings. The third kappa shape index (κ3) is 2.45. The zero-order valence-electron chi connectivity index (χ0n) is 11.0. The Morgan fingerprint density at radius 2 is 2.30 bits per heavy atom. The number of nitrogens with one attached hydrogen (secondary N) is 1. The summed E-state index contributed by atoms with van der Waals surface area (Å²) in [5.41, 5.74) is 4.92. The van der Waals surface area contributed by atoms with Crippen LogP contribution in [0.2, 0.25) is 0 Å². The number of hydrogen-bond acceptors (Lipinski definition) is 6. The van der Waals surface area contributed by atoms with Crippen LogP contribution in [-0.4, -0.2) is 38.7 Å². The molecule has 0 bridgehead atoms. The summed E-state index contributed by atoms with van der Waals surface area (Å²) in [5.74, 6) is -0.906. The summed E-state index contributed by atoms with van der Waals surface area (Å²) in [5, 5.41) is 12.1. The van der Waals surface area contributed by atoms with Crippen LogP contribution in [0.5, 0.6) is 0 Å². The molecule has 2 heterocycles. The molecule has 0 radical (unpaired) electrons. The Hall–Kier alpha value is -2.48. The first-order valence-corrected chi connectivity index (χ1v) is 6.16. The van der Waals surface area contributed by atoms with E-state index in [9.17, 15) is 9.59 Å². The quantitative estimate of drug-likeness (QED) is 0.696.